The predicted octanol–water partition coefficient (Wildman–Crippen LogP) is 1.50. The minimum Gasteiger partial charge on any atom is -0.478 e. The van der Waals surface area contributed by atoms with Crippen LogP contribution in [0.3, 0.4) is 0 Å². The van der Waals surface area contributed by atoms with E-state index in [1.807, 2.05) is 0 Å². The number of hydrogen-bond donors (Lipinski definition) is 3. The fourth-order valence-corrected chi connectivity index (χ4v) is 3.58. The fourth-order valence-electron chi connectivity index (χ4n) is 3.09. The van der Waals surface area contributed by atoms with E-state index in [2.05, 4.69) is 9.88 Å². The Bertz CT molecular complexity index is 856. The number of carbonyl (C=O) groups is 1. The molecule has 2 heterocycles. The first-order chi connectivity index (χ1) is 10.8. The fraction of sp³-hybridized carbons (Fsp3) is 0.400. The third kappa shape index (κ3) is 3.54. The van der Waals surface area contributed by atoms with Gasteiger partial charge in [0.1, 0.15) is 0 Å². The standard InChI is InChI=1S/C15H18N2O5S/c18-15(19)10-2-3-13-12(8-10)11-4-6-17(9-14(11)16-13)5-1-7-23(20,21)22/h2-3,8,16H,1,4-7,9H2,(H,18,19)(H,20,21,22). The number of carboxylic acids is 1. The van der Waals surface area contributed by atoms with Gasteiger partial charge in [0, 0.05) is 29.7 Å². The molecular formula is C15H18N2O5S. The molecule has 3 N–H and O–H groups in total. The van der Waals surface area contributed by atoms with Gasteiger partial charge >= 0.3 is 5.97 Å². The maximum absolute atomic E-state index is 11.1. The summed E-state index contributed by atoms with van der Waals surface area (Å²) in [6, 6.07) is 5.05. The SMILES string of the molecule is O=C(O)c1ccc2[nH]c3c(c2c1)CCN(CCCS(=O)(=O)O)C3. The molecule has 23 heavy (non-hydrogen) atoms. The van der Waals surface area contributed by atoms with Gasteiger partial charge < -0.3 is 10.1 Å². The van der Waals surface area contributed by atoms with Crippen LogP contribution in [0.15, 0.2) is 18.2 Å². The Morgan fingerprint density at radius 1 is 1.35 bits per heavy atom. The molecular weight excluding hydrogens is 320 g/mol. The van der Waals surface area contributed by atoms with Crippen LogP contribution in [-0.2, 0) is 23.1 Å². The van der Waals surface area contributed by atoms with Crippen molar-refractivity contribution in [1.29, 1.82) is 0 Å². The maximum atomic E-state index is 11.1. The van der Waals surface area contributed by atoms with Gasteiger partial charge in [-0.15, -0.1) is 0 Å². The molecule has 1 aromatic carbocycles. The number of H-pyrrole nitrogens is 1. The van der Waals surface area contributed by atoms with Crippen molar-refractivity contribution >= 4 is 27.0 Å². The van der Waals surface area contributed by atoms with Crippen LogP contribution in [0.1, 0.15) is 28.0 Å². The number of nitrogens with zero attached hydrogens (tertiary/aromatic N) is 1. The normalized spacial score (nSPS) is 15.7. The summed E-state index contributed by atoms with van der Waals surface area (Å²) < 4.78 is 30.3. The second-order valence-corrected chi connectivity index (χ2v) is 7.39. The molecule has 1 aliphatic heterocycles. The third-order valence-corrected chi connectivity index (χ3v) is 4.98. The molecule has 0 fully saturated rings. The quantitative estimate of drug-likeness (QED) is 0.713. The summed E-state index contributed by atoms with van der Waals surface area (Å²) >= 11 is 0. The Hall–Kier alpha value is -1.90. The van der Waals surface area contributed by atoms with Crippen LogP contribution in [0.5, 0.6) is 0 Å². The number of carboxylic acid groups (broad SMARTS) is 1. The Labute approximate surface area is 133 Å². The van der Waals surface area contributed by atoms with Gasteiger partial charge in [0.05, 0.1) is 11.3 Å². The molecule has 0 unspecified atom stereocenters. The van der Waals surface area contributed by atoms with E-state index >= 15 is 0 Å². The second kappa shape index (κ2) is 5.95. The number of aromatic amines is 1. The molecule has 0 spiro atoms. The van der Waals surface area contributed by atoms with Crippen LogP contribution in [0.4, 0.5) is 0 Å². The summed E-state index contributed by atoms with van der Waals surface area (Å²) in [6.45, 7) is 2.04. The van der Waals surface area contributed by atoms with Crippen molar-refractivity contribution in [3.05, 3.63) is 35.0 Å². The van der Waals surface area contributed by atoms with Crippen LogP contribution in [0.25, 0.3) is 10.9 Å². The van der Waals surface area contributed by atoms with E-state index in [1.54, 1.807) is 18.2 Å². The monoisotopic (exact) mass is 338 g/mol. The minimum absolute atomic E-state index is 0.231. The molecule has 124 valence electrons. The zero-order valence-corrected chi connectivity index (χ0v) is 13.3. The minimum atomic E-state index is -3.91. The van der Waals surface area contributed by atoms with Gasteiger partial charge in [0.25, 0.3) is 10.1 Å². The topological polar surface area (TPSA) is 111 Å². The largest absolute Gasteiger partial charge is 0.478 e. The molecule has 0 atom stereocenters. The van der Waals surface area contributed by atoms with E-state index < -0.39 is 16.1 Å². The Morgan fingerprint density at radius 2 is 2.13 bits per heavy atom. The molecule has 2 aromatic rings. The molecule has 0 bridgehead atoms. The van der Waals surface area contributed by atoms with Crippen LogP contribution in [-0.4, -0.2) is 52.8 Å². The summed E-state index contributed by atoms with van der Waals surface area (Å²) in [7, 11) is -3.91. The summed E-state index contributed by atoms with van der Waals surface area (Å²) in [5.74, 6) is -1.17. The molecule has 8 heteroatoms. The second-order valence-electron chi connectivity index (χ2n) is 5.81. The highest BCUT2D eigenvalue weighted by molar-refractivity contribution is 7.85. The smallest absolute Gasteiger partial charge is 0.335 e. The highest BCUT2D eigenvalue weighted by atomic mass is 32.2. The van der Waals surface area contributed by atoms with E-state index in [0.29, 0.717) is 19.5 Å². The van der Waals surface area contributed by atoms with Crippen LogP contribution >= 0.6 is 0 Å². The van der Waals surface area contributed by atoms with Crippen molar-refractivity contribution < 1.29 is 22.9 Å². The average Bonchev–Trinajstić information content (AvgIpc) is 2.82. The van der Waals surface area contributed by atoms with Crippen molar-refractivity contribution in [3.63, 3.8) is 0 Å². The van der Waals surface area contributed by atoms with Gasteiger partial charge in [-0.05, 0) is 43.1 Å². The summed E-state index contributed by atoms with van der Waals surface area (Å²) in [4.78, 5) is 16.5. The summed E-state index contributed by atoms with van der Waals surface area (Å²) in [5.41, 5.74) is 3.37. The van der Waals surface area contributed by atoms with Crippen LogP contribution in [0.2, 0.25) is 0 Å². The van der Waals surface area contributed by atoms with Gasteiger partial charge in [-0.25, -0.2) is 4.79 Å². The molecule has 0 radical (unpaired) electrons. The molecule has 0 aliphatic carbocycles. The first kappa shape index (κ1) is 16.0. The third-order valence-electron chi connectivity index (χ3n) is 4.18. The van der Waals surface area contributed by atoms with Gasteiger partial charge in [0.15, 0.2) is 0 Å². The number of nitrogens with one attached hydrogen (secondary N) is 1. The van der Waals surface area contributed by atoms with Crippen molar-refractivity contribution in [2.75, 3.05) is 18.8 Å². The molecule has 3 rings (SSSR count). The zero-order chi connectivity index (χ0) is 16.6. The lowest BCUT2D eigenvalue weighted by atomic mass is 10.0. The Morgan fingerprint density at radius 3 is 2.83 bits per heavy atom. The van der Waals surface area contributed by atoms with Gasteiger partial charge in [0.2, 0.25) is 0 Å². The van der Waals surface area contributed by atoms with E-state index in [1.165, 1.54) is 0 Å². The number of aromatic nitrogens is 1. The Balaban J connectivity index is 1.76. The van der Waals surface area contributed by atoms with E-state index in [-0.39, 0.29) is 11.3 Å². The lowest BCUT2D eigenvalue weighted by molar-refractivity contribution is 0.0697. The summed E-state index contributed by atoms with van der Waals surface area (Å²) in [5, 5.41) is 10.0. The predicted molar refractivity (Wildman–Crippen MR) is 85.3 cm³/mol. The Kier molecular flexibility index (Phi) is 4.13. The van der Waals surface area contributed by atoms with Gasteiger partial charge in [-0.1, -0.05) is 0 Å². The van der Waals surface area contributed by atoms with E-state index in [9.17, 15) is 13.2 Å². The van der Waals surface area contributed by atoms with Gasteiger partial charge in [-0.3, -0.25) is 9.45 Å². The molecule has 0 amide bonds. The van der Waals surface area contributed by atoms with E-state index in [4.69, 9.17) is 9.66 Å². The highest BCUT2D eigenvalue weighted by Gasteiger charge is 2.21. The van der Waals surface area contributed by atoms with Crippen molar-refractivity contribution in [2.45, 2.75) is 19.4 Å². The van der Waals surface area contributed by atoms with Crippen LogP contribution < -0.4 is 0 Å². The lowest BCUT2D eigenvalue weighted by Crippen LogP contribution is -2.32. The zero-order valence-electron chi connectivity index (χ0n) is 12.4. The van der Waals surface area contributed by atoms with E-state index in [0.717, 1.165) is 35.1 Å². The molecule has 7 nitrogen and oxygen atoms in total. The number of benzene rings is 1. The summed E-state index contributed by atoms with van der Waals surface area (Å²) in [6.07, 6.45) is 1.17. The average molecular weight is 338 g/mol. The number of hydrogen-bond acceptors (Lipinski definition) is 4. The van der Waals surface area contributed by atoms with Crippen molar-refractivity contribution in [1.82, 2.24) is 9.88 Å². The number of aromatic carboxylic acids is 1. The number of fused-ring (bicyclic) bond motifs is 3. The first-order valence-corrected chi connectivity index (χ1v) is 8.99. The molecule has 1 aromatic heterocycles. The highest BCUT2D eigenvalue weighted by Crippen LogP contribution is 2.28. The molecule has 0 saturated carbocycles. The van der Waals surface area contributed by atoms with Gasteiger partial charge in [-0.2, -0.15) is 8.42 Å². The molecule has 0 saturated heterocycles. The van der Waals surface area contributed by atoms with Crippen molar-refractivity contribution in [3.8, 4) is 0 Å². The lowest BCUT2D eigenvalue weighted by Gasteiger charge is -2.26. The number of rotatable bonds is 5. The first-order valence-electron chi connectivity index (χ1n) is 7.38. The maximum Gasteiger partial charge on any atom is 0.335 e. The molecule has 1 aliphatic rings. The van der Waals surface area contributed by atoms with Crippen molar-refractivity contribution in [2.24, 2.45) is 0 Å². The van der Waals surface area contributed by atoms with Crippen LogP contribution in [0, 0.1) is 0 Å².